The third-order valence-corrected chi connectivity index (χ3v) is 7.15. The second-order valence-corrected chi connectivity index (χ2v) is 10.6. The summed E-state index contributed by atoms with van der Waals surface area (Å²) in [5.74, 6) is -0.600. The van der Waals surface area contributed by atoms with Crippen LogP contribution in [0.1, 0.15) is 22.7 Å². The molecule has 0 aliphatic carbocycles. The van der Waals surface area contributed by atoms with Gasteiger partial charge in [0.05, 0.1) is 5.52 Å². The normalized spacial score (nSPS) is 11.7. The van der Waals surface area contributed by atoms with E-state index in [1.165, 1.54) is 0 Å². The van der Waals surface area contributed by atoms with E-state index in [1.807, 2.05) is 111 Å². The van der Waals surface area contributed by atoms with Gasteiger partial charge < -0.3 is 15.1 Å². The van der Waals surface area contributed by atoms with E-state index >= 15 is 0 Å². The fraction of sp³-hybridized carbons (Fsp3) is 0.188. The molecule has 8 nitrogen and oxygen atoms in total. The fourth-order valence-corrected chi connectivity index (χ4v) is 4.76. The summed E-state index contributed by atoms with van der Waals surface area (Å²) in [5, 5.41) is 12.0. The van der Waals surface area contributed by atoms with Crippen molar-refractivity contribution in [1.82, 2.24) is 19.9 Å². The monoisotopic (exact) mass is 566 g/mol. The summed E-state index contributed by atoms with van der Waals surface area (Å²) < 4.78 is 1.57. The number of rotatable bonds is 9. The van der Waals surface area contributed by atoms with Crippen LogP contribution in [0.25, 0.3) is 11.0 Å². The van der Waals surface area contributed by atoms with Gasteiger partial charge in [-0.2, -0.15) is 0 Å². The molecule has 0 bridgehead atoms. The number of amides is 2. The van der Waals surface area contributed by atoms with Crippen LogP contribution in [0.2, 0.25) is 5.02 Å². The molecule has 208 valence electrons. The van der Waals surface area contributed by atoms with Crippen molar-refractivity contribution >= 4 is 45.8 Å². The van der Waals surface area contributed by atoms with Gasteiger partial charge in [0.2, 0.25) is 5.91 Å². The number of carbonyl (C=O) groups is 2. The smallest absolute Gasteiger partial charge is 0.251 e. The molecule has 2 amide bonds. The number of carbonyl (C=O) groups excluding carboxylic acids is 2. The average molecular weight is 567 g/mol. The minimum atomic E-state index is -0.915. The molecule has 4 aromatic carbocycles. The second-order valence-electron chi connectivity index (χ2n) is 10.1. The Balaban J connectivity index is 1.53. The van der Waals surface area contributed by atoms with E-state index < -0.39 is 6.04 Å². The lowest BCUT2D eigenvalue weighted by Gasteiger charge is -2.32. The molecule has 0 aliphatic rings. The summed E-state index contributed by atoms with van der Waals surface area (Å²) >= 11 is 6.14. The van der Waals surface area contributed by atoms with Crippen LogP contribution >= 0.6 is 11.6 Å². The largest absolute Gasteiger partial charge is 0.378 e. The van der Waals surface area contributed by atoms with Gasteiger partial charge in [-0.25, -0.2) is 4.68 Å². The van der Waals surface area contributed by atoms with Crippen LogP contribution in [0.3, 0.4) is 0 Å². The van der Waals surface area contributed by atoms with Crippen LogP contribution in [0, 0.1) is 6.92 Å². The Labute approximate surface area is 244 Å². The Kier molecular flexibility index (Phi) is 8.31. The van der Waals surface area contributed by atoms with Gasteiger partial charge in [0.25, 0.3) is 5.91 Å². The Bertz CT molecular complexity index is 1650. The SMILES string of the molecule is Cc1ccc([C@H](C(=O)Nc2ccc(N(C)C)cc2)N(Cc2ccc(Cl)cc2)C(=O)Cn2nnc3ccccc32)cc1. The Morgan fingerprint density at radius 1 is 0.902 bits per heavy atom. The van der Waals surface area contributed by atoms with E-state index in [0.717, 1.165) is 22.3 Å². The van der Waals surface area contributed by atoms with E-state index in [9.17, 15) is 9.59 Å². The van der Waals surface area contributed by atoms with E-state index in [-0.39, 0.29) is 24.9 Å². The highest BCUT2D eigenvalue weighted by Crippen LogP contribution is 2.27. The maximum absolute atomic E-state index is 14.1. The summed E-state index contributed by atoms with van der Waals surface area (Å²) in [6.07, 6.45) is 0. The van der Waals surface area contributed by atoms with Gasteiger partial charge in [-0.15, -0.1) is 5.10 Å². The number of benzene rings is 4. The van der Waals surface area contributed by atoms with Crippen molar-refractivity contribution in [3.8, 4) is 0 Å². The molecule has 1 heterocycles. The topological polar surface area (TPSA) is 83.4 Å². The van der Waals surface area contributed by atoms with Gasteiger partial charge in [-0.1, -0.05) is 70.9 Å². The molecule has 0 unspecified atom stereocenters. The van der Waals surface area contributed by atoms with E-state index in [2.05, 4.69) is 15.6 Å². The summed E-state index contributed by atoms with van der Waals surface area (Å²) in [5.41, 5.74) is 5.67. The molecule has 0 radical (unpaired) electrons. The van der Waals surface area contributed by atoms with E-state index in [4.69, 9.17) is 11.6 Å². The fourth-order valence-electron chi connectivity index (χ4n) is 4.64. The van der Waals surface area contributed by atoms with Crippen LogP contribution in [0.5, 0.6) is 0 Å². The number of aromatic nitrogens is 3. The first kappa shape index (κ1) is 27.9. The first-order valence-corrected chi connectivity index (χ1v) is 13.6. The standard InChI is InChI=1S/C32H31ClN6O2/c1-22-8-12-24(13-9-22)31(32(41)34-26-16-18-27(19-17-26)37(2)3)38(20-23-10-14-25(33)15-11-23)30(40)21-39-29-7-5-4-6-28(29)35-36-39/h4-19,31H,20-21H2,1-3H3,(H,34,41)/t31-/m1/s1. The molecule has 41 heavy (non-hydrogen) atoms. The Morgan fingerprint density at radius 3 is 2.27 bits per heavy atom. The predicted molar refractivity (Wildman–Crippen MR) is 163 cm³/mol. The number of nitrogens with one attached hydrogen (secondary N) is 1. The van der Waals surface area contributed by atoms with Crippen LogP contribution in [-0.2, 0) is 22.7 Å². The number of hydrogen-bond acceptors (Lipinski definition) is 5. The van der Waals surface area contributed by atoms with Gasteiger partial charge >= 0.3 is 0 Å². The zero-order valence-corrected chi connectivity index (χ0v) is 23.9. The number of aryl methyl sites for hydroxylation is 1. The maximum Gasteiger partial charge on any atom is 0.251 e. The summed E-state index contributed by atoms with van der Waals surface area (Å²) in [6.45, 7) is 2.09. The number of anilines is 2. The average Bonchev–Trinajstić information content (AvgIpc) is 3.37. The quantitative estimate of drug-likeness (QED) is 0.241. The number of fused-ring (bicyclic) bond motifs is 1. The molecule has 0 aliphatic heterocycles. The third kappa shape index (κ3) is 6.56. The maximum atomic E-state index is 14.1. The van der Waals surface area contributed by atoms with Gasteiger partial charge in [0.15, 0.2) is 0 Å². The van der Waals surface area contributed by atoms with Crippen molar-refractivity contribution in [3.05, 3.63) is 119 Å². The van der Waals surface area contributed by atoms with Crippen molar-refractivity contribution in [1.29, 1.82) is 0 Å². The van der Waals surface area contributed by atoms with Crippen LogP contribution in [0.4, 0.5) is 11.4 Å². The Hall–Kier alpha value is -4.69. The van der Waals surface area contributed by atoms with Gasteiger partial charge in [0, 0.05) is 37.0 Å². The first-order chi connectivity index (χ1) is 19.8. The number of hydrogen-bond donors (Lipinski definition) is 1. The van der Waals surface area contributed by atoms with Crippen LogP contribution in [-0.4, -0.2) is 45.8 Å². The van der Waals surface area contributed by atoms with Gasteiger partial charge in [-0.05, 0) is 66.6 Å². The van der Waals surface area contributed by atoms with Gasteiger partial charge in [0.1, 0.15) is 18.1 Å². The summed E-state index contributed by atoms with van der Waals surface area (Å²) in [7, 11) is 3.92. The lowest BCUT2D eigenvalue weighted by molar-refractivity contribution is -0.140. The van der Waals surface area contributed by atoms with Crippen molar-refractivity contribution in [2.45, 2.75) is 26.1 Å². The third-order valence-electron chi connectivity index (χ3n) is 6.90. The molecule has 0 spiro atoms. The van der Waals surface area contributed by atoms with Crippen LogP contribution in [0.15, 0.2) is 97.1 Å². The lowest BCUT2D eigenvalue weighted by atomic mass is 10.0. The highest BCUT2D eigenvalue weighted by molar-refractivity contribution is 6.30. The minimum Gasteiger partial charge on any atom is -0.378 e. The first-order valence-electron chi connectivity index (χ1n) is 13.3. The number of para-hydroxylation sites is 1. The van der Waals surface area contributed by atoms with Gasteiger partial charge in [-0.3, -0.25) is 9.59 Å². The molecule has 1 aromatic heterocycles. The van der Waals surface area contributed by atoms with E-state index in [0.29, 0.717) is 21.8 Å². The molecular weight excluding hydrogens is 536 g/mol. The highest BCUT2D eigenvalue weighted by Gasteiger charge is 2.32. The molecule has 0 fully saturated rings. The van der Waals surface area contributed by atoms with Crippen molar-refractivity contribution in [2.24, 2.45) is 0 Å². The lowest BCUT2D eigenvalue weighted by Crippen LogP contribution is -2.42. The molecule has 5 aromatic rings. The predicted octanol–water partition coefficient (Wildman–Crippen LogP) is 5.87. The molecule has 0 saturated heterocycles. The zero-order chi connectivity index (χ0) is 28.9. The van der Waals surface area contributed by atoms with E-state index in [1.54, 1.807) is 21.7 Å². The molecule has 9 heteroatoms. The molecule has 1 atom stereocenters. The summed E-state index contributed by atoms with van der Waals surface area (Å²) in [6, 6.07) is 29.1. The van der Waals surface area contributed by atoms with Crippen molar-refractivity contribution in [3.63, 3.8) is 0 Å². The Morgan fingerprint density at radius 2 is 1.59 bits per heavy atom. The highest BCUT2D eigenvalue weighted by atomic mass is 35.5. The van der Waals surface area contributed by atoms with Crippen LogP contribution < -0.4 is 10.2 Å². The van der Waals surface area contributed by atoms with Crippen molar-refractivity contribution in [2.75, 3.05) is 24.3 Å². The molecule has 5 rings (SSSR count). The number of halogens is 1. The minimum absolute atomic E-state index is 0.0821. The zero-order valence-electron chi connectivity index (χ0n) is 23.2. The molecule has 1 N–H and O–H groups in total. The number of nitrogens with zero attached hydrogens (tertiary/aromatic N) is 5. The van der Waals surface area contributed by atoms with Crippen molar-refractivity contribution < 1.29 is 9.59 Å². The molecular formula is C32H31ClN6O2. The molecule has 0 saturated carbocycles. The second kappa shape index (κ2) is 12.2. The summed E-state index contributed by atoms with van der Waals surface area (Å²) in [4.78, 5) is 31.7.